The lowest BCUT2D eigenvalue weighted by atomic mass is 9.68. The van der Waals surface area contributed by atoms with E-state index < -0.39 is 35.6 Å². The van der Waals surface area contributed by atoms with Crippen LogP contribution in [-0.2, 0) is 30.4 Å². The number of carboxylic acids is 1. The van der Waals surface area contributed by atoms with Gasteiger partial charge in [-0.25, -0.2) is 27.9 Å². The second-order valence-corrected chi connectivity index (χ2v) is 16.4. The van der Waals surface area contributed by atoms with Gasteiger partial charge in [-0.2, -0.15) is 13.2 Å². The van der Waals surface area contributed by atoms with Gasteiger partial charge in [0.2, 0.25) is 11.9 Å². The first-order chi connectivity index (χ1) is 27.0. The van der Waals surface area contributed by atoms with Crippen LogP contribution in [0.25, 0.3) is 0 Å². The molecule has 2 aromatic carbocycles. The van der Waals surface area contributed by atoms with E-state index in [2.05, 4.69) is 23.8 Å². The topological polar surface area (TPSA) is 97.7 Å². The molecule has 304 valence electrons. The highest BCUT2D eigenvalue weighted by atomic mass is 19.4. The first-order valence-electron chi connectivity index (χ1n) is 19.3. The number of aromatic nitrogens is 3. The fourth-order valence-electron chi connectivity index (χ4n) is 8.74. The summed E-state index contributed by atoms with van der Waals surface area (Å²) in [6.45, 7) is 5.52. The minimum atomic E-state index is -4.73. The predicted molar refractivity (Wildman–Crippen MR) is 200 cm³/mol. The first kappa shape index (κ1) is 40.5. The number of carbonyl (C=O) groups is 1. The van der Waals surface area contributed by atoms with E-state index in [1.165, 1.54) is 18.5 Å². The normalized spacial score (nSPS) is 19.9. The summed E-state index contributed by atoms with van der Waals surface area (Å²) < 4.78 is 98.4. The summed E-state index contributed by atoms with van der Waals surface area (Å²) in [5.41, 5.74) is 3.41. The van der Waals surface area contributed by atoms with Crippen LogP contribution in [0.1, 0.15) is 132 Å². The van der Waals surface area contributed by atoms with Crippen molar-refractivity contribution in [1.82, 2.24) is 15.0 Å². The Morgan fingerprint density at radius 3 is 2.21 bits per heavy atom. The number of halogens is 6. The summed E-state index contributed by atoms with van der Waals surface area (Å²) in [6.07, 6.45) is -0.701. The van der Waals surface area contributed by atoms with E-state index in [4.69, 9.17) is 14.5 Å². The molecule has 4 aromatic rings. The van der Waals surface area contributed by atoms with E-state index in [9.17, 15) is 31.9 Å². The Balaban J connectivity index is 1.34. The molecule has 3 aliphatic rings. The van der Waals surface area contributed by atoms with Gasteiger partial charge >= 0.3 is 12.1 Å². The minimum Gasteiger partial charge on any atom is -0.497 e. The van der Waals surface area contributed by atoms with E-state index in [1.54, 1.807) is 7.11 Å². The summed E-state index contributed by atoms with van der Waals surface area (Å²) in [4.78, 5) is 27.2. The molecule has 2 aliphatic carbocycles. The standard InChI is InChI=1S/C43H46F6N4O4/c1-41(2)20-34-37(35(21-41)57-24-25-4-8-31(56-3)9-5-25)36(26-10-14-42(45,46)15-11-26)32(18-28-6-7-30(19-33(28)44)43(47,48)49)38(52-34)27-12-16-53(17-13-27)40-50-22-29(23-51-40)39(54)55/h4-9,19,22-23,26-27,35H,10-18,20-21,24H2,1-3H3,(H,54,55)/t35-/m0/s1. The lowest BCUT2D eigenvalue weighted by molar-refractivity contribution is -0.137. The average Bonchev–Trinajstić information content (AvgIpc) is 3.17. The molecule has 1 atom stereocenters. The third-order valence-electron chi connectivity index (χ3n) is 11.7. The fraction of sp³-hybridized carbons (Fsp3) is 0.488. The fourth-order valence-corrected chi connectivity index (χ4v) is 8.74. The Morgan fingerprint density at radius 1 is 0.947 bits per heavy atom. The zero-order chi connectivity index (χ0) is 40.7. The number of hydrogen-bond donors (Lipinski definition) is 1. The number of anilines is 1. The Kier molecular flexibility index (Phi) is 11.3. The highest BCUT2D eigenvalue weighted by molar-refractivity contribution is 5.86. The molecule has 3 heterocycles. The molecule has 1 saturated carbocycles. The van der Waals surface area contributed by atoms with Gasteiger partial charge in [-0.3, -0.25) is 4.98 Å². The van der Waals surface area contributed by atoms with Crippen molar-refractivity contribution >= 4 is 11.9 Å². The number of piperidine rings is 1. The highest BCUT2D eigenvalue weighted by Gasteiger charge is 2.43. The Hall–Kier alpha value is -4.72. The molecule has 0 unspecified atom stereocenters. The lowest BCUT2D eigenvalue weighted by Crippen LogP contribution is -2.36. The molecule has 2 fully saturated rings. The van der Waals surface area contributed by atoms with Crippen LogP contribution in [0.2, 0.25) is 0 Å². The molecular formula is C43H46F6N4O4. The van der Waals surface area contributed by atoms with Crippen molar-refractivity contribution in [3.05, 3.63) is 111 Å². The molecule has 0 radical (unpaired) electrons. The molecule has 1 aliphatic heterocycles. The van der Waals surface area contributed by atoms with Crippen LogP contribution in [0.4, 0.5) is 32.3 Å². The van der Waals surface area contributed by atoms with Crippen molar-refractivity contribution in [2.75, 3.05) is 25.1 Å². The SMILES string of the molecule is COc1ccc(CO[C@H]2CC(C)(C)Cc3nc(C4CCN(c5ncc(C(=O)O)cn5)CC4)c(Cc4ccc(C(F)(F)F)cc4F)c(C4CCC(F)(F)CC4)c32)cc1. The number of aromatic carboxylic acids is 1. The Morgan fingerprint density at radius 2 is 1.61 bits per heavy atom. The summed E-state index contributed by atoms with van der Waals surface area (Å²) >= 11 is 0. The second kappa shape index (κ2) is 15.9. The molecule has 14 heteroatoms. The Labute approximate surface area is 327 Å². The van der Waals surface area contributed by atoms with Gasteiger partial charge < -0.3 is 19.5 Å². The van der Waals surface area contributed by atoms with Crippen molar-refractivity contribution in [3.63, 3.8) is 0 Å². The van der Waals surface area contributed by atoms with Gasteiger partial charge in [0.25, 0.3) is 0 Å². The number of alkyl halides is 5. The maximum absolute atomic E-state index is 15.8. The number of hydrogen-bond acceptors (Lipinski definition) is 7. The molecule has 0 bridgehead atoms. The predicted octanol–water partition coefficient (Wildman–Crippen LogP) is 10.2. The van der Waals surface area contributed by atoms with Crippen molar-refractivity contribution in [2.45, 2.75) is 108 Å². The van der Waals surface area contributed by atoms with Gasteiger partial charge in [0.1, 0.15) is 11.6 Å². The molecule has 2 aromatic heterocycles. The number of nitrogens with zero attached hydrogens (tertiary/aromatic N) is 4. The zero-order valence-corrected chi connectivity index (χ0v) is 32.1. The largest absolute Gasteiger partial charge is 0.497 e. The van der Waals surface area contributed by atoms with Gasteiger partial charge in [-0.05, 0) is 96.4 Å². The summed E-state index contributed by atoms with van der Waals surface area (Å²) in [5.74, 6) is -4.37. The number of fused-ring (bicyclic) bond motifs is 1. The smallest absolute Gasteiger partial charge is 0.416 e. The quantitative estimate of drug-likeness (QED) is 0.159. The van der Waals surface area contributed by atoms with Crippen molar-refractivity contribution < 1.29 is 45.7 Å². The van der Waals surface area contributed by atoms with Crippen LogP contribution < -0.4 is 9.64 Å². The molecule has 57 heavy (non-hydrogen) atoms. The van der Waals surface area contributed by atoms with E-state index in [0.717, 1.165) is 28.5 Å². The van der Waals surface area contributed by atoms with Gasteiger partial charge in [0.15, 0.2) is 0 Å². The minimum absolute atomic E-state index is 0.0331. The maximum Gasteiger partial charge on any atom is 0.416 e. The molecular weight excluding hydrogens is 750 g/mol. The van der Waals surface area contributed by atoms with Gasteiger partial charge in [-0.1, -0.05) is 32.0 Å². The van der Waals surface area contributed by atoms with Gasteiger partial charge in [-0.15, -0.1) is 0 Å². The molecule has 1 saturated heterocycles. The highest BCUT2D eigenvalue weighted by Crippen LogP contribution is 2.52. The third kappa shape index (κ3) is 9.05. The number of rotatable bonds is 10. The van der Waals surface area contributed by atoms with E-state index in [-0.39, 0.29) is 67.1 Å². The molecule has 0 amide bonds. The number of ether oxygens (including phenoxy) is 2. The zero-order valence-electron chi connectivity index (χ0n) is 32.1. The van der Waals surface area contributed by atoms with Gasteiger partial charge in [0, 0.05) is 67.6 Å². The number of benzene rings is 2. The van der Waals surface area contributed by atoms with Crippen LogP contribution >= 0.6 is 0 Å². The van der Waals surface area contributed by atoms with Crippen LogP contribution in [-0.4, -0.2) is 52.1 Å². The third-order valence-corrected chi connectivity index (χ3v) is 11.7. The van der Waals surface area contributed by atoms with E-state index in [1.807, 2.05) is 29.2 Å². The van der Waals surface area contributed by atoms with Crippen molar-refractivity contribution in [2.24, 2.45) is 5.41 Å². The molecule has 1 N–H and O–H groups in total. The summed E-state index contributed by atoms with van der Waals surface area (Å²) in [5, 5.41) is 9.30. The van der Waals surface area contributed by atoms with Crippen LogP contribution in [0, 0.1) is 11.2 Å². The summed E-state index contributed by atoms with van der Waals surface area (Å²) in [7, 11) is 1.59. The average molecular weight is 797 g/mol. The van der Waals surface area contributed by atoms with Crippen LogP contribution in [0.3, 0.4) is 0 Å². The van der Waals surface area contributed by atoms with Gasteiger partial charge in [0.05, 0.1) is 30.9 Å². The molecule has 7 rings (SSSR count). The second-order valence-electron chi connectivity index (χ2n) is 16.4. The maximum atomic E-state index is 15.8. The first-order valence-corrected chi connectivity index (χ1v) is 19.3. The van der Waals surface area contributed by atoms with Crippen LogP contribution in [0.15, 0.2) is 54.9 Å². The van der Waals surface area contributed by atoms with Crippen LogP contribution in [0.5, 0.6) is 5.75 Å². The van der Waals surface area contributed by atoms with Crippen molar-refractivity contribution in [1.29, 1.82) is 0 Å². The molecule has 0 spiro atoms. The number of pyridine rings is 1. The monoisotopic (exact) mass is 796 g/mol. The Bertz CT molecular complexity index is 2070. The van der Waals surface area contributed by atoms with E-state index in [0.29, 0.717) is 67.8 Å². The summed E-state index contributed by atoms with van der Waals surface area (Å²) in [6, 6.07) is 10.1. The lowest BCUT2D eigenvalue weighted by Gasteiger charge is -2.42. The number of methoxy groups -OCH3 is 1. The molecule has 8 nitrogen and oxygen atoms in total. The van der Waals surface area contributed by atoms with E-state index >= 15 is 4.39 Å². The van der Waals surface area contributed by atoms with Crippen molar-refractivity contribution in [3.8, 4) is 5.75 Å². The number of carboxylic acid groups (broad SMARTS) is 1.